The summed E-state index contributed by atoms with van der Waals surface area (Å²) in [6.07, 6.45) is 1.19. The number of hydrogen-bond donors (Lipinski definition) is 2. The fourth-order valence-corrected chi connectivity index (χ4v) is 2.48. The molecular weight excluding hydrogens is 260 g/mol. The average Bonchev–Trinajstić information content (AvgIpc) is 2.72. The van der Waals surface area contributed by atoms with E-state index < -0.39 is 11.4 Å². The molecule has 6 nitrogen and oxygen atoms in total. The number of hydrogen-bond acceptors (Lipinski definition) is 3. The summed E-state index contributed by atoms with van der Waals surface area (Å²) in [5, 5.41) is 12.1. The van der Waals surface area contributed by atoms with Crippen molar-refractivity contribution in [2.45, 2.75) is 52.2 Å². The highest BCUT2D eigenvalue weighted by atomic mass is 16.5. The minimum absolute atomic E-state index is 0.0332. The lowest BCUT2D eigenvalue weighted by atomic mass is 9.90. The Morgan fingerprint density at radius 1 is 1.50 bits per heavy atom. The third kappa shape index (κ3) is 4.10. The summed E-state index contributed by atoms with van der Waals surface area (Å²) in [5.74, 6) is -0.846. The molecule has 0 aromatic rings. The van der Waals surface area contributed by atoms with Crippen molar-refractivity contribution in [3.63, 3.8) is 0 Å². The average molecular weight is 286 g/mol. The van der Waals surface area contributed by atoms with Gasteiger partial charge < -0.3 is 20.1 Å². The molecule has 2 N–H and O–H groups in total. The second kappa shape index (κ2) is 5.99. The van der Waals surface area contributed by atoms with Crippen LogP contribution >= 0.6 is 0 Å². The molecule has 0 bridgehead atoms. The number of nitrogens with one attached hydrogen (secondary N) is 1. The number of ether oxygens (including phenoxy) is 1. The lowest BCUT2D eigenvalue weighted by molar-refractivity contribution is -0.146. The van der Waals surface area contributed by atoms with Crippen LogP contribution in [0.4, 0.5) is 4.79 Å². The normalized spacial score (nSPS) is 24.6. The van der Waals surface area contributed by atoms with Crippen LogP contribution in [0.5, 0.6) is 0 Å². The number of carboxylic acid groups (broad SMARTS) is 1. The highest BCUT2D eigenvalue weighted by molar-refractivity contribution is 5.79. The minimum Gasteiger partial charge on any atom is -0.481 e. The Hall–Kier alpha value is -1.30. The van der Waals surface area contributed by atoms with Crippen molar-refractivity contribution < 1.29 is 19.4 Å². The van der Waals surface area contributed by atoms with Gasteiger partial charge in [-0.05, 0) is 40.5 Å². The van der Waals surface area contributed by atoms with E-state index in [1.807, 2.05) is 20.8 Å². The molecule has 6 heteroatoms. The number of aliphatic carboxylic acids is 1. The number of rotatable bonds is 5. The lowest BCUT2D eigenvalue weighted by Gasteiger charge is -2.28. The third-order valence-electron chi connectivity index (χ3n) is 4.00. The topological polar surface area (TPSA) is 78.9 Å². The number of likely N-dealkylation sites (tertiary alicyclic amines) is 1. The first-order valence-electron chi connectivity index (χ1n) is 6.94. The molecule has 1 fully saturated rings. The first-order chi connectivity index (χ1) is 9.09. The van der Waals surface area contributed by atoms with Crippen molar-refractivity contribution in [3.05, 3.63) is 0 Å². The second-order valence-electron chi connectivity index (χ2n) is 6.56. The number of methoxy groups -OCH3 is 1. The zero-order chi connectivity index (χ0) is 15.6. The molecule has 0 aromatic carbocycles. The van der Waals surface area contributed by atoms with Gasteiger partial charge in [-0.3, -0.25) is 4.79 Å². The lowest BCUT2D eigenvalue weighted by Crippen LogP contribution is -2.46. The van der Waals surface area contributed by atoms with E-state index in [4.69, 9.17) is 9.84 Å². The fourth-order valence-electron chi connectivity index (χ4n) is 2.48. The van der Waals surface area contributed by atoms with Gasteiger partial charge in [-0.1, -0.05) is 0 Å². The van der Waals surface area contributed by atoms with Crippen LogP contribution in [0.1, 0.15) is 40.5 Å². The Bertz CT molecular complexity index is 383. The standard InChI is InChI=1S/C14H26N2O4/c1-10(8-13(2,3)20-5)15-12(19)16-7-6-14(4,9-16)11(17)18/h10H,6-9H2,1-5H3,(H,15,19)(H,17,18). The molecule has 0 aliphatic carbocycles. The number of amides is 2. The van der Waals surface area contributed by atoms with E-state index in [0.29, 0.717) is 19.4 Å². The van der Waals surface area contributed by atoms with Crippen molar-refractivity contribution in [2.24, 2.45) is 5.41 Å². The van der Waals surface area contributed by atoms with Gasteiger partial charge in [0.25, 0.3) is 0 Å². The summed E-state index contributed by atoms with van der Waals surface area (Å²) in [7, 11) is 1.65. The predicted molar refractivity (Wildman–Crippen MR) is 75.6 cm³/mol. The summed E-state index contributed by atoms with van der Waals surface area (Å²) in [6, 6.07) is -0.233. The van der Waals surface area contributed by atoms with Gasteiger partial charge >= 0.3 is 12.0 Å². The van der Waals surface area contributed by atoms with E-state index in [-0.39, 0.29) is 24.2 Å². The predicted octanol–water partition coefficient (Wildman–Crippen LogP) is 1.70. The molecule has 0 aromatic heterocycles. The van der Waals surface area contributed by atoms with E-state index in [0.717, 1.165) is 0 Å². The van der Waals surface area contributed by atoms with Gasteiger partial charge in [0.2, 0.25) is 0 Å². The molecule has 1 aliphatic rings. The van der Waals surface area contributed by atoms with Crippen LogP contribution in [0.2, 0.25) is 0 Å². The molecule has 1 rings (SSSR count). The number of urea groups is 1. The van der Waals surface area contributed by atoms with E-state index in [2.05, 4.69) is 5.32 Å². The molecule has 1 aliphatic heterocycles. The minimum atomic E-state index is -0.846. The van der Waals surface area contributed by atoms with E-state index in [9.17, 15) is 9.59 Å². The molecule has 1 heterocycles. The van der Waals surface area contributed by atoms with Crippen molar-refractivity contribution in [3.8, 4) is 0 Å². The number of carbonyl (C=O) groups is 2. The van der Waals surface area contributed by atoms with Crippen LogP contribution in [0, 0.1) is 5.41 Å². The van der Waals surface area contributed by atoms with Gasteiger partial charge in [-0.2, -0.15) is 0 Å². The van der Waals surface area contributed by atoms with Gasteiger partial charge in [-0.25, -0.2) is 4.79 Å². The van der Waals surface area contributed by atoms with Gasteiger partial charge in [0, 0.05) is 26.2 Å². The van der Waals surface area contributed by atoms with Gasteiger partial charge in [-0.15, -0.1) is 0 Å². The molecule has 2 amide bonds. The SMILES string of the molecule is COC(C)(C)CC(C)NC(=O)N1CCC(C)(C(=O)O)C1. The Labute approximate surface area is 120 Å². The summed E-state index contributed by atoms with van der Waals surface area (Å²) >= 11 is 0. The van der Waals surface area contributed by atoms with Gasteiger partial charge in [0.1, 0.15) is 0 Å². The maximum atomic E-state index is 12.1. The van der Waals surface area contributed by atoms with Crippen LogP contribution in [0.3, 0.4) is 0 Å². The zero-order valence-electron chi connectivity index (χ0n) is 13.0. The second-order valence-corrected chi connectivity index (χ2v) is 6.56. The quantitative estimate of drug-likeness (QED) is 0.806. The largest absolute Gasteiger partial charge is 0.481 e. The molecule has 116 valence electrons. The van der Waals surface area contributed by atoms with Crippen LogP contribution < -0.4 is 5.32 Å². The Morgan fingerprint density at radius 3 is 2.55 bits per heavy atom. The summed E-state index contributed by atoms with van der Waals surface area (Å²) < 4.78 is 5.34. The zero-order valence-corrected chi connectivity index (χ0v) is 13.0. The van der Waals surface area contributed by atoms with Crippen molar-refractivity contribution in [1.82, 2.24) is 10.2 Å². The molecule has 2 unspecified atom stereocenters. The van der Waals surface area contributed by atoms with Gasteiger partial charge in [0.15, 0.2) is 0 Å². The maximum Gasteiger partial charge on any atom is 0.317 e. The van der Waals surface area contributed by atoms with E-state index in [1.165, 1.54) is 0 Å². The Kier molecular flexibility index (Phi) is 5.02. The molecule has 1 saturated heterocycles. The van der Waals surface area contributed by atoms with Crippen LogP contribution in [-0.4, -0.2) is 53.8 Å². The van der Waals surface area contributed by atoms with Crippen molar-refractivity contribution in [1.29, 1.82) is 0 Å². The summed E-state index contributed by atoms with van der Waals surface area (Å²) in [4.78, 5) is 24.9. The van der Waals surface area contributed by atoms with Crippen molar-refractivity contribution in [2.75, 3.05) is 20.2 Å². The first-order valence-corrected chi connectivity index (χ1v) is 6.94. The molecule has 0 saturated carbocycles. The number of nitrogens with zero attached hydrogens (tertiary/aromatic N) is 1. The molecule has 0 radical (unpaired) electrons. The molecule has 20 heavy (non-hydrogen) atoms. The molecule has 0 spiro atoms. The van der Waals surface area contributed by atoms with Crippen LogP contribution in [0.15, 0.2) is 0 Å². The van der Waals surface area contributed by atoms with Gasteiger partial charge in [0.05, 0.1) is 11.0 Å². The molecular formula is C14H26N2O4. The number of carbonyl (C=O) groups excluding carboxylic acids is 1. The van der Waals surface area contributed by atoms with E-state index in [1.54, 1.807) is 18.9 Å². The first kappa shape index (κ1) is 16.8. The van der Waals surface area contributed by atoms with E-state index >= 15 is 0 Å². The monoisotopic (exact) mass is 286 g/mol. The number of carboxylic acids is 1. The Balaban J connectivity index is 2.51. The highest BCUT2D eigenvalue weighted by Gasteiger charge is 2.42. The fraction of sp³-hybridized carbons (Fsp3) is 0.857. The smallest absolute Gasteiger partial charge is 0.317 e. The molecule has 2 atom stereocenters. The van der Waals surface area contributed by atoms with Crippen LogP contribution in [-0.2, 0) is 9.53 Å². The summed E-state index contributed by atoms with van der Waals surface area (Å²) in [6.45, 7) is 8.27. The Morgan fingerprint density at radius 2 is 2.10 bits per heavy atom. The maximum absolute atomic E-state index is 12.1. The highest BCUT2D eigenvalue weighted by Crippen LogP contribution is 2.30. The van der Waals surface area contributed by atoms with Crippen LogP contribution in [0.25, 0.3) is 0 Å². The summed E-state index contributed by atoms with van der Waals surface area (Å²) in [5.41, 5.74) is -1.13. The van der Waals surface area contributed by atoms with Crippen molar-refractivity contribution >= 4 is 12.0 Å². The third-order valence-corrected chi connectivity index (χ3v) is 4.00.